The van der Waals surface area contributed by atoms with Crippen molar-refractivity contribution in [3.05, 3.63) is 70.5 Å². The summed E-state index contributed by atoms with van der Waals surface area (Å²) >= 11 is 0. The molecule has 0 bridgehead atoms. The van der Waals surface area contributed by atoms with Crippen molar-refractivity contribution in [2.24, 2.45) is 0 Å². The molecular formula is C14H8F6O. The number of hydrogen-bond donors (Lipinski definition) is 1. The van der Waals surface area contributed by atoms with Gasteiger partial charge in [-0.1, -0.05) is 18.2 Å². The molecule has 0 fully saturated rings. The molecule has 0 amide bonds. The van der Waals surface area contributed by atoms with Crippen LogP contribution in [0.15, 0.2) is 36.4 Å². The molecule has 0 saturated carbocycles. The van der Waals surface area contributed by atoms with E-state index in [1.807, 2.05) is 0 Å². The van der Waals surface area contributed by atoms with Gasteiger partial charge in [0.05, 0.1) is 5.56 Å². The van der Waals surface area contributed by atoms with Crippen molar-refractivity contribution in [3.63, 3.8) is 0 Å². The molecule has 0 aliphatic heterocycles. The van der Waals surface area contributed by atoms with Gasteiger partial charge in [-0.05, 0) is 23.8 Å². The van der Waals surface area contributed by atoms with Crippen LogP contribution in [-0.2, 0) is 6.18 Å². The van der Waals surface area contributed by atoms with E-state index < -0.39 is 40.9 Å². The second-order valence-corrected chi connectivity index (χ2v) is 4.28. The standard InChI is InChI=1S/C14H8F6O/c15-10-5-4-7(6-11(10)16)13(21)8-2-1-3-9(12(8)17)14(18,19)20/h1-6,13,21H. The average molecular weight is 306 g/mol. The maximum absolute atomic E-state index is 13.8. The number of aliphatic hydroxyl groups excluding tert-OH is 1. The van der Waals surface area contributed by atoms with Crippen LogP contribution in [-0.4, -0.2) is 5.11 Å². The maximum atomic E-state index is 13.8. The zero-order valence-corrected chi connectivity index (χ0v) is 10.3. The molecule has 0 aromatic heterocycles. The van der Waals surface area contributed by atoms with Crippen molar-refractivity contribution in [1.82, 2.24) is 0 Å². The largest absolute Gasteiger partial charge is 0.419 e. The molecule has 0 radical (unpaired) electrons. The lowest BCUT2D eigenvalue weighted by Gasteiger charge is -2.16. The van der Waals surface area contributed by atoms with E-state index in [2.05, 4.69) is 0 Å². The first-order valence-corrected chi connectivity index (χ1v) is 5.70. The van der Waals surface area contributed by atoms with Gasteiger partial charge in [-0.15, -0.1) is 0 Å². The Bertz CT molecular complexity index is 665. The predicted octanol–water partition coefficient (Wildman–Crippen LogP) is 4.20. The average Bonchev–Trinajstić information content (AvgIpc) is 2.40. The molecule has 7 heteroatoms. The Hall–Kier alpha value is -2.02. The van der Waals surface area contributed by atoms with Gasteiger partial charge in [-0.25, -0.2) is 13.2 Å². The first-order chi connectivity index (χ1) is 9.71. The van der Waals surface area contributed by atoms with Crippen LogP contribution in [0.1, 0.15) is 22.8 Å². The maximum Gasteiger partial charge on any atom is 0.419 e. The van der Waals surface area contributed by atoms with Crippen molar-refractivity contribution in [3.8, 4) is 0 Å². The van der Waals surface area contributed by atoms with Crippen molar-refractivity contribution < 1.29 is 31.4 Å². The van der Waals surface area contributed by atoms with Crippen LogP contribution < -0.4 is 0 Å². The van der Waals surface area contributed by atoms with E-state index in [0.717, 1.165) is 18.2 Å². The van der Waals surface area contributed by atoms with Gasteiger partial charge in [-0.3, -0.25) is 0 Å². The smallest absolute Gasteiger partial charge is 0.384 e. The quantitative estimate of drug-likeness (QED) is 0.824. The zero-order chi connectivity index (χ0) is 15.8. The van der Waals surface area contributed by atoms with Gasteiger partial charge in [-0.2, -0.15) is 13.2 Å². The molecule has 0 spiro atoms. The van der Waals surface area contributed by atoms with Crippen LogP contribution in [0.4, 0.5) is 26.3 Å². The van der Waals surface area contributed by atoms with Gasteiger partial charge in [0.25, 0.3) is 0 Å². The molecule has 2 aromatic rings. The summed E-state index contributed by atoms with van der Waals surface area (Å²) in [7, 11) is 0. The summed E-state index contributed by atoms with van der Waals surface area (Å²) in [4.78, 5) is 0. The van der Waals surface area contributed by atoms with Gasteiger partial charge in [0, 0.05) is 5.56 Å². The molecule has 1 nitrogen and oxygen atoms in total. The van der Waals surface area contributed by atoms with Gasteiger partial charge in [0.1, 0.15) is 11.9 Å². The Labute approximate surface area is 115 Å². The summed E-state index contributed by atoms with van der Waals surface area (Å²) in [6, 6.07) is 4.64. The van der Waals surface area contributed by atoms with Gasteiger partial charge in [0.15, 0.2) is 11.6 Å². The number of benzene rings is 2. The summed E-state index contributed by atoms with van der Waals surface area (Å²) in [6.07, 6.45) is -6.77. The highest BCUT2D eigenvalue weighted by Gasteiger charge is 2.35. The molecule has 21 heavy (non-hydrogen) atoms. The van der Waals surface area contributed by atoms with Gasteiger partial charge >= 0.3 is 6.18 Å². The van der Waals surface area contributed by atoms with E-state index in [4.69, 9.17) is 0 Å². The Morgan fingerprint density at radius 3 is 2.14 bits per heavy atom. The Morgan fingerprint density at radius 2 is 1.57 bits per heavy atom. The Morgan fingerprint density at radius 1 is 0.905 bits per heavy atom. The first-order valence-electron chi connectivity index (χ1n) is 5.70. The molecule has 2 rings (SSSR count). The molecule has 0 aliphatic carbocycles. The highest BCUT2D eigenvalue weighted by Crippen LogP contribution is 2.35. The fraction of sp³-hybridized carbons (Fsp3) is 0.143. The van der Waals surface area contributed by atoms with E-state index >= 15 is 0 Å². The summed E-state index contributed by atoms with van der Waals surface area (Å²) in [6.45, 7) is 0. The molecular weight excluding hydrogens is 298 g/mol. The van der Waals surface area contributed by atoms with E-state index in [1.54, 1.807) is 0 Å². The van der Waals surface area contributed by atoms with Crippen LogP contribution in [0.3, 0.4) is 0 Å². The number of aliphatic hydroxyl groups is 1. The van der Waals surface area contributed by atoms with E-state index in [9.17, 15) is 31.4 Å². The molecule has 0 aliphatic rings. The number of rotatable bonds is 2. The minimum Gasteiger partial charge on any atom is -0.384 e. The highest BCUT2D eigenvalue weighted by molar-refractivity contribution is 5.35. The minimum absolute atomic E-state index is 0.257. The Kier molecular flexibility index (Phi) is 3.95. The summed E-state index contributed by atoms with van der Waals surface area (Å²) in [5, 5.41) is 9.88. The predicted molar refractivity (Wildman–Crippen MR) is 61.8 cm³/mol. The van der Waals surface area contributed by atoms with Crippen LogP contribution in [0, 0.1) is 17.5 Å². The van der Waals surface area contributed by atoms with Gasteiger partial charge < -0.3 is 5.11 Å². The molecule has 0 saturated heterocycles. The molecule has 0 heterocycles. The summed E-state index contributed by atoms with van der Waals surface area (Å²) in [5.41, 5.74) is -2.47. The third-order valence-electron chi connectivity index (χ3n) is 2.89. The molecule has 1 atom stereocenters. The van der Waals surface area contributed by atoms with Crippen molar-refractivity contribution in [2.75, 3.05) is 0 Å². The van der Waals surface area contributed by atoms with E-state index in [0.29, 0.717) is 18.2 Å². The summed E-state index contributed by atoms with van der Waals surface area (Å²) < 4.78 is 77.4. The lowest BCUT2D eigenvalue weighted by Crippen LogP contribution is -2.12. The molecule has 112 valence electrons. The second kappa shape index (κ2) is 5.40. The van der Waals surface area contributed by atoms with Crippen molar-refractivity contribution >= 4 is 0 Å². The molecule has 1 N–H and O–H groups in total. The van der Waals surface area contributed by atoms with Crippen LogP contribution in [0.2, 0.25) is 0 Å². The zero-order valence-electron chi connectivity index (χ0n) is 10.3. The van der Waals surface area contributed by atoms with Gasteiger partial charge in [0.2, 0.25) is 0 Å². The fourth-order valence-corrected chi connectivity index (χ4v) is 1.84. The van der Waals surface area contributed by atoms with E-state index in [1.165, 1.54) is 0 Å². The number of hydrogen-bond acceptors (Lipinski definition) is 1. The molecule has 2 aromatic carbocycles. The topological polar surface area (TPSA) is 20.2 Å². The second-order valence-electron chi connectivity index (χ2n) is 4.28. The highest BCUT2D eigenvalue weighted by atomic mass is 19.4. The van der Waals surface area contributed by atoms with Crippen LogP contribution in [0.5, 0.6) is 0 Å². The lowest BCUT2D eigenvalue weighted by atomic mass is 9.98. The van der Waals surface area contributed by atoms with Crippen molar-refractivity contribution in [2.45, 2.75) is 12.3 Å². The van der Waals surface area contributed by atoms with Crippen LogP contribution >= 0.6 is 0 Å². The molecule has 1 unspecified atom stereocenters. The third kappa shape index (κ3) is 3.02. The van der Waals surface area contributed by atoms with E-state index in [-0.39, 0.29) is 5.56 Å². The third-order valence-corrected chi connectivity index (χ3v) is 2.89. The monoisotopic (exact) mass is 306 g/mol. The van der Waals surface area contributed by atoms with Crippen molar-refractivity contribution in [1.29, 1.82) is 0 Å². The minimum atomic E-state index is -4.92. The SMILES string of the molecule is OC(c1ccc(F)c(F)c1)c1cccc(C(F)(F)F)c1F. The normalized spacial score (nSPS) is 13.3. The fourth-order valence-electron chi connectivity index (χ4n) is 1.84. The lowest BCUT2D eigenvalue weighted by molar-refractivity contribution is -0.140. The van der Waals surface area contributed by atoms with Crippen LogP contribution in [0.25, 0.3) is 0 Å². The summed E-state index contributed by atoms with van der Waals surface area (Å²) in [5.74, 6) is -4.13. The number of alkyl halides is 3. The Balaban J connectivity index is 2.48. The first kappa shape index (κ1) is 15.4. The number of halogens is 6.